The highest BCUT2D eigenvalue weighted by atomic mass is 32.2. The van der Waals surface area contributed by atoms with Crippen LogP contribution in [0.4, 0.5) is 5.00 Å². The summed E-state index contributed by atoms with van der Waals surface area (Å²) in [5.41, 5.74) is 3.61. The molecule has 0 radical (unpaired) electrons. The zero-order chi connectivity index (χ0) is 22.7. The van der Waals surface area contributed by atoms with Crippen LogP contribution in [0, 0.1) is 6.92 Å². The predicted molar refractivity (Wildman–Crippen MR) is 127 cm³/mol. The van der Waals surface area contributed by atoms with E-state index in [9.17, 15) is 9.59 Å². The van der Waals surface area contributed by atoms with Crippen molar-refractivity contribution in [1.82, 2.24) is 14.8 Å². The van der Waals surface area contributed by atoms with Crippen LogP contribution in [0.5, 0.6) is 0 Å². The average molecular weight is 469 g/mol. The minimum absolute atomic E-state index is 0.145. The molecular formula is C23H24N4O3S2. The van der Waals surface area contributed by atoms with Crippen molar-refractivity contribution in [3.05, 3.63) is 58.5 Å². The SMILES string of the molecule is C=CCn1c(SCC(=O)Nc2sc3c(c2C(=O)OC)CCC3)nnc1-c1cccc(C)c1. The number of carbonyl (C=O) groups is 2. The Morgan fingerprint density at radius 1 is 1.34 bits per heavy atom. The molecule has 0 saturated carbocycles. The summed E-state index contributed by atoms with van der Waals surface area (Å²) in [6.45, 7) is 6.39. The Morgan fingerprint density at radius 3 is 2.94 bits per heavy atom. The molecule has 1 aromatic carbocycles. The number of esters is 1. The number of anilines is 1. The highest BCUT2D eigenvalue weighted by Gasteiger charge is 2.28. The third kappa shape index (κ3) is 4.49. The number of nitrogens with zero attached hydrogens (tertiary/aromatic N) is 3. The summed E-state index contributed by atoms with van der Waals surface area (Å²) >= 11 is 2.77. The van der Waals surface area contributed by atoms with Crippen LogP contribution in [0.15, 0.2) is 42.1 Å². The number of methoxy groups -OCH3 is 1. The van der Waals surface area contributed by atoms with Gasteiger partial charge in [-0.1, -0.05) is 41.6 Å². The summed E-state index contributed by atoms with van der Waals surface area (Å²) in [7, 11) is 1.36. The molecule has 2 aromatic heterocycles. The van der Waals surface area contributed by atoms with Gasteiger partial charge in [0.15, 0.2) is 11.0 Å². The van der Waals surface area contributed by atoms with E-state index in [1.807, 2.05) is 29.7 Å². The lowest BCUT2D eigenvalue weighted by molar-refractivity contribution is -0.113. The lowest BCUT2D eigenvalue weighted by Crippen LogP contribution is -2.16. The zero-order valence-corrected chi connectivity index (χ0v) is 19.6. The second-order valence-corrected chi connectivity index (χ2v) is 9.51. The molecule has 7 nitrogen and oxygen atoms in total. The second-order valence-electron chi connectivity index (χ2n) is 7.46. The summed E-state index contributed by atoms with van der Waals surface area (Å²) in [4.78, 5) is 26.2. The maximum Gasteiger partial charge on any atom is 0.341 e. The number of nitrogens with one attached hydrogen (secondary N) is 1. The number of amides is 1. The molecule has 0 aliphatic heterocycles. The zero-order valence-electron chi connectivity index (χ0n) is 18.0. The number of thioether (sulfide) groups is 1. The molecule has 1 amide bonds. The second kappa shape index (κ2) is 9.70. The number of hydrogen-bond donors (Lipinski definition) is 1. The molecule has 4 rings (SSSR count). The Kier molecular flexibility index (Phi) is 6.76. The van der Waals surface area contributed by atoms with Crippen molar-refractivity contribution in [2.45, 2.75) is 37.9 Å². The van der Waals surface area contributed by atoms with Crippen LogP contribution in [0.2, 0.25) is 0 Å². The van der Waals surface area contributed by atoms with Crippen molar-refractivity contribution in [3.8, 4) is 11.4 Å². The van der Waals surface area contributed by atoms with Crippen LogP contribution in [-0.2, 0) is 28.9 Å². The number of hydrogen-bond acceptors (Lipinski definition) is 7. The van der Waals surface area contributed by atoms with Gasteiger partial charge in [0.2, 0.25) is 5.91 Å². The number of allylic oxidation sites excluding steroid dienone is 1. The molecular weight excluding hydrogens is 444 g/mol. The van der Waals surface area contributed by atoms with E-state index < -0.39 is 5.97 Å². The summed E-state index contributed by atoms with van der Waals surface area (Å²) in [5.74, 6) is 0.275. The fourth-order valence-corrected chi connectivity index (χ4v) is 5.83. The van der Waals surface area contributed by atoms with Crippen LogP contribution in [-0.4, -0.2) is 39.5 Å². The largest absolute Gasteiger partial charge is 0.465 e. The monoisotopic (exact) mass is 468 g/mol. The molecule has 0 bridgehead atoms. The van der Waals surface area contributed by atoms with Gasteiger partial charge in [0.1, 0.15) is 5.00 Å². The van der Waals surface area contributed by atoms with Crippen molar-refractivity contribution in [2.75, 3.05) is 18.2 Å². The average Bonchev–Trinajstić information content (AvgIpc) is 3.47. The van der Waals surface area contributed by atoms with E-state index in [2.05, 4.69) is 28.2 Å². The Balaban J connectivity index is 1.49. The third-order valence-corrected chi connectivity index (χ3v) is 7.37. The van der Waals surface area contributed by atoms with E-state index in [4.69, 9.17) is 4.74 Å². The highest BCUT2D eigenvalue weighted by Crippen LogP contribution is 2.39. The van der Waals surface area contributed by atoms with Crippen molar-refractivity contribution in [3.63, 3.8) is 0 Å². The number of aromatic nitrogens is 3. The van der Waals surface area contributed by atoms with Gasteiger partial charge in [-0.25, -0.2) is 4.79 Å². The van der Waals surface area contributed by atoms with Crippen molar-refractivity contribution in [1.29, 1.82) is 0 Å². The fourth-order valence-electron chi connectivity index (χ4n) is 3.79. The van der Waals surface area contributed by atoms with Gasteiger partial charge in [-0.3, -0.25) is 9.36 Å². The first-order valence-corrected chi connectivity index (χ1v) is 12.1. The molecule has 0 fully saturated rings. The molecule has 0 spiro atoms. The number of ether oxygens (including phenoxy) is 1. The van der Waals surface area contributed by atoms with Gasteiger partial charge in [-0.2, -0.15) is 0 Å². The smallest absolute Gasteiger partial charge is 0.341 e. The van der Waals surface area contributed by atoms with Crippen LogP contribution < -0.4 is 5.32 Å². The van der Waals surface area contributed by atoms with E-state index in [1.165, 1.54) is 30.2 Å². The van der Waals surface area contributed by atoms with Crippen molar-refractivity contribution >= 4 is 40.0 Å². The van der Waals surface area contributed by atoms with E-state index in [-0.39, 0.29) is 11.7 Å². The van der Waals surface area contributed by atoms with E-state index in [0.717, 1.165) is 46.7 Å². The van der Waals surface area contributed by atoms with Crippen LogP contribution in [0.25, 0.3) is 11.4 Å². The normalized spacial score (nSPS) is 12.4. The lowest BCUT2D eigenvalue weighted by Gasteiger charge is -2.09. The quantitative estimate of drug-likeness (QED) is 0.297. The first kappa shape index (κ1) is 22.3. The molecule has 0 saturated heterocycles. The predicted octanol–water partition coefficient (Wildman–Crippen LogP) is 4.51. The molecule has 9 heteroatoms. The molecule has 166 valence electrons. The molecule has 1 N–H and O–H groups in total. The maximum absolute atomic E-state index is 12.7. The molecule has 32 heavy (non-hydrogen) atoms. The molecule has 3 aromatic rings. The van der Waals surface area contributed by atoms with Crippen LogP contribution in [0.1, 0.15) is 32.8 Å². The van der Waals surface area contributed by atoms with Crippen molar-refractivity contribution < 1.29 is 14.3 Å². The van der Waals surface area contributed by atoms with Crippen LogP contribution in [0.3, 0.4) is 0 Å². The van der Waals surface area contributed by atoms with Gasteiger partial charge >= 0.3 is 5.97 Å². The summed E-state index contributed by atoms with van der Waals surface area (Å²) in [5, 5.41) is 12.7. The topological polar surface area (TPSA) is 86.1 Å². The number of thiophene rings is 1. The first-order chi connectivity index (χ1) is 15.5. The number of rotatable bonds is 8. The number of fused-ring (bicyclic) bond motifs is 1. The Morgan fingerprint density at radius 2 is 2.19 bits per heavy atom. The van der Waals surface area contributed by atoms with E-state index >= 15 is 0 Å². The van der Waals surface area contributed by atoms with Crippen LogP contribution >= 0.6 is 23.1 Å². The van der Waals surface area contributed by atoms with Crippen molar-refractivity contribution in [2.24, 2.45) is 0 Å². The number of aryl methyl sites for hydroxylation is 2. The Hall–Kier alpha value is -2.91. The summed E-state index contributed by atoms with van der Waals surface area (Å²) < 4.78 is 6.89. The van der Waals surface area contributed by atoms with Gasteiger partial charge < -0.3 is 10.1 Å². The number of benzene rings is 1. The van der Waals surface area contributed by atoms with Gasteiger partial charge in [0.05, 0.1) is 18.4 Å². The molecule has 1 aliphatic rings. The van der Waals surface area contributed by atoms with E-state index in [1.54, 1.807) is 6.08 Å². The molecule has 0 atom stereocenters. The first-order valence-electron chi connectivity index (χ1n) is 10.3. The molecule has 1 aliphatic carbocycles. The van der Waals surface area contributed by atoms with Gasteiger partial charge in [0, 0.05) is 17.0 Å². The standard InChI is InChI=1S/C23H24N4O3S2/c1-4-11-27-20(15-8-5-7-14(2)12-15)25-26-23(27)31-13-18(28)24-21-19(22(29)30-3)16-9-6-10-17(16)32-21/h4-5,7-8,12H,1,6,9-11,13H2,2-3H3,(H,24,28). The Bertz CT molecular complexity index is 1180. The summed E-state index contributed by atoms with van der Waals surface area (Å²) in [6, 6.07) is 8.05. The van der Waals surface area contributed by atoms with Gasteiger partial charge in [-0.05, 0) is 37.8 Å². The van der Waals surface area contributed by atoms with E-state index in [0.29, 0.717) is 22.3 Å². The third-order valence-electron chi connectivity index (χ3n) is 5.20. The lowest BCUT2D eigenvalue weighted by atomic mass is 10.1. The maximum atomic E-state index is 12.7. The molecule has 0 unspecified atom stereocenters. The van der Waals surface area contributed by atoms with Gasteiger partial charge in [0.25, 0.3) is 0 Å². The minimum Gasteiger partial charge on any atom is -0.465 e. The number of carbonyl (C=O) groups excluding carboxylic acids is 2. The van der Waals surface area contributed by atoms with Gasteiger partial charge in [-0.15, -0.1) is 28.1 Å². The minimum atomic E-state index is -0.402. The fraction of sp³-hybridized carbons (Fsp3) is 0.304. The Labute approximate surface area is 194 Å². The molecule has 2 heterocycles. The summed E-state index contributed by atoms with van der Waals surface area (Å²) in [6.07, 6.45) is 4.58. The highest BCUT2D eigenvalue weighted by molar-refractivity contribution is 7.99.